The van der Waals surface area contributed by atoms with E-state index in [1.165, 1.54) is 0 Å². The molecule has 32 heavy (non-hydrogen) atoms. The van der Waals surface area contributed by atoms with Gasteiger partial charge in [0.2, 0.25) is 5.16 Å². The highest BCUT2D eigenvalue weighted by Crippen LogP contribution is 2.34. The van der Waals surface area contributed by atoms with E-state index in [1.54, 1.807) is 18.8 Å². The summed E-state index contributed by atoms with van der Waals surface area (Å²) in [5.41, 5.74) is 2.72. The van der Waals surface area contributed by atoms with E-state index in [0.29, 0.717) is 17.1 Å². The maximum absolute atomic E-state index is 11.8. The van der Waals surface area contributed by atoms with Crippen molar-refractivity contribution < 1.29 is 4.21 Å². The van der Waals surface area contributed by atoms with Crippen LogP contribution in [0.2, 0.25) is 0 Å². The zero-order chi connectivity index (χ0) is 22.1. The number of hydrogen-bond donors (Lipinski definition) is 1. The van der Waals surface area contributed by atoms with Crippen LogP contribution >= 0.6 is 0 Å². The van der Waals surface area contributed by atoms with E-state index in [9.17, 15) is 4.21 Å². The zero-order valence-electron chi connectivity index (χ0n) is 18.2. The molecule has 1 aliphatic rings. The number of aromatic amines is 1. The fourth-order valence-corrected chi connectivity index (χ4v) is 5.01. The van der Waals surface area contributed by atoms with Crippen molar-refractivity contribution in [2.24, 2.45) is 5.92 Å². The van der Waals surface area contributed by atoms with E-state index in [-0.39, 0.29) is 0 Å². The van der Waals surface area contributed by atoms with E-state index in [1.807, 2.05) is 24.5 Å². The van der Waals surface area contributed by atoms with Crippen molar-refractivity contribution in [2.45, 2.75) is 37.4 Å². The molecule has 0 aromatic carbocycles. The first-order valence-electron chi connectivity index (χ1n) is 10.9. The number of H-pyrrole nitrogens is 1. The molecule has 1 N–H and O–H groups in total. The summed E-state index contributed by atoms with van der Waals surface area (Å²) >= 11 is 0. The van der Waals surface area contributed by atoms with E-state index in [0.717, 1.165) is 60.5 Å². The van der Waals surface area contributed by atoms with Gasteiger partial charge in [0.15, 0.2) is 0 Å². The summed E-state index contributed by atoms with van der Waals surface area (Å²) in [6.45, 7) is 4.02. The van der Waals surface area contributed by atoms with Crippen LogP contribution in [0.3, 0.4) is 0 Å². The van der Waals surface area contributed by atoms with Crippen LogP contribution in [0.15, 0.2) is 48.4 Å². The number of rotatable bonds is 7. The topological polar surface area (TPSA) is 105 Å². The highest BCUT2D eigenvalue weighted by Gasteiger charge is 2.31. The molecule has 0 bridgehead atoms. The third-order valence-corrected chi connectivity index (χ3v) is 6.83. The molecule has 5 rings (SSSR count). The van der Waals surface area contributed by atoms with Crippen LogP contribution < -0.4 is 4.90 Å². The molecular formula is C22H26N8OS. The lowest BCUT2D eigenvalue weighted by Crippen LogP contribution is -2.26. The maximum Gasteiger partial charge on any atom is 0.220 e. The van der Waals surface area contributed by atoms with Gasteiger partial charge >= 0.3 is 0 Å². The van der Waals surface area contributed by atoms with Gasteiger partial charge in [-0.3, -0.25) is 8.89 Å². The van der Waals surface area contributed by atoms with Crippen LogP contribution in [0.4, 0.5) is 5.82 Å². The van der Waals surface area contributed by atoms with Gasteiger partial charge in [-0.15, -0.1) is 0 Å². The molecule has 4 aromatic rings. The maximum atomic E-state index is 11.8. The third kappa shape index (κ3) is 3.90. The van der Waals surface area contributed by atoms with Crippen molar-refractivity contribution in [3.63, 3.8) is 0 Å². The van der Waals surface area contributed by atoms with Crippen molar-refractivity contribution in [2.75, 3.05) is 24.2 Å². The quantitative estimate of drug-likeness (QED) is 0.431. The number of hydrogen-bond acceptors (Lipinski definition) is 7. The van der Waals surface area contributed by atoms with Crippen LogP contribution in [0, 0.1) is 5.92 Å². The standard InChI is InChI=1S/C22H26N8OS/c1-3-4-18(15-7-10-29(12-15)19-6-9-24-22(28-19)32(2)31)30-13-16(11-27-30)20-17-5-8-23-21(17)26-14-25-20/h5-6,8-9,11,13-15,18H,3-4,7,10,12H2,1-2H3,(H,23,25,26). The molecule has 9 nitrogen and oxygen atoms in total. The predicted molar refractivity (Wildman–Crippen MR) is 124 cm³/mol. The Balaban J connectivity index is 1.38. The van der Waals surface area contributed by atoms with Crippen LogP contribution in [0.25, 0.3) is 22.3 Å². The first kappa shape index (κ1) is 20.7. The molecule has 3 unspecified atom stereocenters. The lowest BCUT2D eigenvalue weighted by atomic mass is 9.95. The van der Waals surface area contributed by atoms with Gasteiger partial charge in [0.1, 0.15) is 17.8 Å². The zero-order valence-corrected chi connectivity index (χ0v) is 19.0. The first-order chi connectivity index (χ1) is 15.6. The summed E-state index contributed by atoms with van der Waals surface area (Å²) < 4.78 is 13.9. The molecule has 4 aromatic heterocycles. The Kier molecular flexibility index (Phi) is 5.69. The minimum atomic E-state index is -1.19. The van der Waals surface area contributed by atoms with E-state index < -0.39 is 10.8 Å². The van der Waals surface area contributed by atoms with Gasteiger partial charge in [-0.1, -0.05) is 13.3 Å². The second kappa shape index (κ2) is 8.78. The van der Waals surface area contributed by atoms with Crippen LogP contribution in [-0.4, -0.2) is 58.3 Å². The number of nitrogens with zero attached hydrogens (tertiary/aromatic N) is 7. The highest BCUT2D eigenvalue weighted by atomic mass is 32.2. The fourth-order valence-electron chi connectivity index (χ4n) is 4.58. The van der Waals surface area contributed by atoms with E-state index in [2.05, 4.69) is 47.6 Å². The normalized spacial score (nSPS) is 18.3. The van der Waals surface area contributed by atoms with E-state index in [4.69, 9.17) is 5.10 Å². The number of fused-ring (bicyclic) bond motifs is 1. The molecule has 0 saturated carbocycles. The lowest BCUT2D eigenvalue weighted by Gasteiger charge is -2.24. The monoisotopic (exact) mass is 450 g/mol. The Morgan fingerprint density at radius 2 is 2.19 bits per heavy atom. The predicted octanol–water partition coefficient (Wildman–Crippen LogP) is 3.22. The number of aromatic nitrogens is 7. The third-order valence-electron chi connectivity index (χ3n) is 6.12. The molecule has 1 aliphatic heterocycles. The molecule has 1 saturated heterocycles. The second-order valence-corrected chi connectivity index (χ2v) is 9.45. The lowest BCUT2D eigenvalue weighted by molar-refractivity contribution is 0.305. The van der Waals surface area contributed by atoms with Crippen molar-refractivity contribution in [1.82, 2.24) is 34.7 Å². The largest absolute Gasteiger partial charge is 0.356 e. The second-order valence-electron chi connectivity index (χ2n) is 8.17. The average molecular weight is 451 g/mol. The van der Waals surface area contributed by atoms with Crippen LogP contribution in [0.1, 0.15) is 32.2 Å². The Hall–Kier alpha value is -3.14. The van der Waals surface area contributed by atoms with Crippen molar-refractivity contribution >= 4 is 27.7 Å². The summed E-state index contributed by atoms with van der Waals surface area (Å²) in [7, 11) is -1.19. The summed E-state index contributed by atoms with van der Waals surface area (Å²) in [5, 5.41) is 6.13. The Morgan fingerprint density at radius 1 is 1.28 bits per heavy atom. The SMILES string of the molecule is CCCC(C1CCN(c2ccnc(S(C)=O)n2)C1)n1cc(-c2ncnc3[nH]ccc23)cn1. The summed E-state index contributed by atoms with van der Waals surface area (Å²) in [6, 6.07) is 4.19. The summed E-state index contributed by atoms with van der Waals surface area (Å²) in [4.78, 5) is 22.8. The molecule has 0 spiro atoms. The number of nitrogens with one attached hydrogen (secondary N) is 1. The Morgan fingerprint density at radius 3 is 3.03 bits per heavy atom. The highest BCUT2D eigenvalue weighted by molar-refractivity contribution is 7.84. The smallest absolute Gasteiger partial charge is 0.220 e. The van der Waals surface area contributed by atoms with Gasteiger partial charge in [0.25, 0.3) is 0 Å². The Bertz CT molecular complexity index is 1250. The van der Waals surface area contributed by atoms with Crippen LogP contribution in [0.5, 0.6) is 0 Å². The van der Waals surface area contributed by atoms with Crippen molar-refractivity contribution in [3.05, 3.63) is 43.2 Å². The molecule has 0 radical (unpaired) electrons. The Labute approximate surface area is 188 Å². The van der Waals surface area contributed by atoms with E-state index >= 15 is 0 Å². The molecule has 5 heterocycles. The van der Waals surface area contributed by atoms with Crippen molar-refractivity contribution in [1.29, 1.82) is 0 Å². The first-order valence-corrected chi connectivity index (χ1v) is 12.4. The molecule has 0 aliphatic carbocycles. The summed E-state index contributed by atoms with van der Waals surface area (Å²) in [6.07, 6.45) is 14.0. The molecule has 10 heteroatoms. The molecule has 166 valence electrons. The van der Waals surface area contributed by atoms with Gasteiger partial charge in [0.05, 0.1) is 28.7 Å². The van der Waals surface area contributed by atoms with Gasteiger partial charge in [-0.25, -0.2) is 19.9 Å². The van der Waals surface area contributed by atoms with Gasteiger partial charge in [0, 0.05) is 54.8 Å². The molecule has 0 amide bonds. The number of anilines is 1. The molecular weight excluding hydrogens is 424 g/mol. The average Bonchev–Trinajstić information content (AvgIpc) is 3.58. The minimum Gasteiger partial charge on any atom is -0.356 e. The fraction of sp³-hybridized carbons (Fsp3) is 0.409. The molecule has 1 fully saturated rings. The minimum absolute atomic E-state index is 0.295. The van der Waals surface area contributed by atoms with Gasteiger partial charge in [-0.05, 0) is 25.0 Å². The van der Waals surface area contributed by atoms with Gasteiger partial charge < -0.3 is 9.88 Å². The molecule has 3 atom stereocenters. The summed E-state index contributed by atoms with van der Waals surface area (Å²) in [5.74, 6) is 1.30. The van der Waals surface area contributed by atoms with Crippen LogP contribution in [-0.2, 0) is 10.8 Å². The van der Waals surface area contributed by atoms with Gasteiger partial charge in [-0.2, -0.15) is 5.10 Å². The van der Waals surface area contributed by atoms with Crippen molar-refractivity contribution in [3.8, 4) is 11.3 Å².